The molecule has 0 aliphatic rings. The standard InChI is InChI=1S/C18H21N3O7/c1-10-4-3-5-12-13(19-28-16(10)12)8-21-15(24)6-7-20(17(21)25)18(26)27-14(9-22)11(2)23/h3-7,11,14,18,22-23,26H,8-9H2,1-2H3/t11-,14-,18+/m1/s1. The number of benzene rings is 1. The zero-order valence-electron chi connectivity index (χ0n) is 15.3. The predicted octanol–water partition coefficient (Wildman–Crippen LogP) is -0.285. The number of hydrogen-bond acceptors (Lipinski definition) is 8. The van der Waals surface area contributed by atoms with Crippen LogP contribution in [0.2, 0.25) is 0 Å². The Morgan fingerprint density at radius 2 is 2.00 bits per heavy atom. The molecule has 3 atom stereocenters. The molecule has 2 heterocycles. The fourth-order valence-corrected chi connectivity index (χ4v) is 2.79. The monoisotopic (exact) mass is 391 g/mol. The van der Waals surface area contributed by atoms with Gasteiger partial charge in [-0.05, 0) is 25.5 Å². The lowest BCUT2D eigenvalue weighted by Crippen LogP contribution is -2.43. The summed E-state index contributed by atoms with van der Waals surface area (Å²) in [5.41, 5.74) is 0.389. The van der Waals surface area contributed by atoms with Gasteiger partial charge < -0.3 is 24.6 Å². The van der Waals surface area contributed by atoms with Crippen molar-refractivity contribution >= 4 is 11.0 Å². The highest BCUT2D eigenvalue weighted by Crippen LogP contribution is 2.21. The molecule has 0 saturated carbocycles. The molecule has 150 valence electrons. The van der Waals surface area contributed by atoms with Crippen LogP contribution in [0.4, 0.5) is 0 Å². The summed E-state index contributed by atoms with van der Waals surface area (Å²) >= 11 is 0. The van der Waals surface area contributed by atoms with Crippen molar-refractivity contribution in [2.24, 2.45) is 0 Å². The predicted molar refractivity (Wildman–Crippen MR) is 97.7 cm³/mol. The number of aryl methyl sites for hydroxylation is 1. The molecule has 0 radical (unpaired) electrons. The molecule has 0 aliphatic heterocycles. The third-order valence-corrected chi connectivity index (χ3v) is 4.43. The minimum absolute atomic E-state index is 0.165. The molecule has 0 amide bonds. The summed E-state index contributed by atoms with van der Waals surface area (Å²) in [5.74, 6) is 0. The average Bonchev–Trinajstić information content (AvgIpc) is 3.07. The lowest BCUT2D eigenvalue weighted by molar-refractivity contribution is -0.214. The van der Waals surface area contributed by atoms with Crippen molar-refractivity contribution in [3.05, 3.63) is 62.6 Å². The van der Waals surface area contributed by atoms with Gasteiger partial charge in [0.1, 0.15) is 11.8 Å². The molecular weight excluding hydrogens is 370 g/mol. The Morgan fingerprint density at radius 1 is 1.25 bits per heavy atom. The molecule has 0 aliphatic carbocycles. The summed E-state index contributed by atoms with van der Waals surface area (Å²) in [6.45, 7) is 2.50. The highest BCUT2D eigenvalue weighted by atomic mass is 16.6. The Kier molecular flexibility index (Phi) is 5.75. The highest BCUT2D eigenvalue weighted by Gasteiger charge is 2.22. The van der Waals surface area contributed by atoms with Crippen LogP contribution in [0.1, 0.15) is 24.6 Å². The molecule has 3 aromatic rings. The van der Waals surface area contributed by atoms with Crippen LogP contribution >= 0.6 is 0 Å². The van der Waals surface area contributed by atoms with E-state index in [1.54, 1.807) is 6.07 Å². The van der Waals surface area contributed by atoms with Gasteiger partial charge in [0.15, 0.2) is 5.58 Å². The van der Waals surface area contributed by atoms with Gasteiger partial charge in [0.05, 0.1) is 19.3 Å². The van der Waals surface area contributed by atoms with Crippen molar-refractivity contribution in [2.45, 2.75) is 39.0 Å². The second-order valence-electron chi connectivity index (χ2n) is 6.43. The van der Waals surface area contributed by atoms with Crippen LogP contribution in [-0.4, -0.2) is 48.4 Å². The maximum atomic E-state index is 12.7. The van der Waals surface area contributed by atoms with Gasteiger partial charge in [-0.3, -0.25) is 13.9 Å². The van der Waals surface area contributed by atoms with Gasteiger partial charge in [-0.15, -0.1) is 0 Å². The Labute approximate surface area is 158 Å². The minimum atomic E-state index is -1.80. The van der Waals surface area contributed by atoms with E-state index in [2.05, 4.69) is 5.16 Å². The van der Waals surface area contributed by atoms with Gasteiger partial charge in [-0.25, -0.2) is 4.79 Å². The maximum Gasteiger partial charge on any atom is 0.335 e. The molecule has 10 nitrogen and oxygen atoms in total. The Hall–Kier alpha value is -2.79. The number of para-hydroxylation sites is 1. The molecule has 0 bridgehead atoms. The first kappa shape index (κ1) is 20.0. The first-order chi connectivity index (χ1) is 13.3. The number of aromatic nitrogens is 3. The van der Waals surface area contributed by atoms with E-state index < -0.39 is 36.5 Å². The quantitative estimate of drug-likeness (QED) is 0.467. The van der Waals surface area contributed by atoms with E-state index in [1.807, 2.05) is 19.1 Å². The van der Waals surface area contributed by atoms with E-state index in [0.29, 0.717) is 16.7 Å². The largest absolute Gasteiger partial charge is 0.394 e. The van der Waals surface area contributed by atoms with E-state index in [-0.39, 0.29) is 6.54 Å². The molecule has 0 fully saturated rings. The molecule has 10 heteroatoms. The van der Waals surface area contributed by atoms with E-state index >= 15 is 0 Å². The number of fused-ring (bicyclic) bond motifs is 1. The van der Waals surface area contributed by atoms with Crippen molar-refractivity contribution in [1.29, 1.82) is 0 Å². The first-order valence-electron chi connectivity index (χ1n) is 8.61. The van der Waals surface area contributed by atoms with Crippen molar-refractivity contribution in [2.75, 3.05) is 6.61 Å². The van der Waals surface area contributed by atoms with Crippen LogP contribution in [-0.2, 0) is 11.3 Å². The lowest BCUT2D eigenvalue weighted by atomic mass is 10.1. The topological polar surface area (TPSA) is 140 Å². The Balaban J connectivity index is 1.96. The second-order valence-corrected chi connectivity index (χ2v) is 6.43. The van der Waals surface area contributed by atoms with E-state index in [9.17, 15) is 24.9 Å². The third-order valence-electron chi connectivity index (χ3n) is 4.43. The van der Waals surface area contributed by atoms with Crippen molar-refractivity contribution in [3.8, 4) is 0 Å². The summed E-state index contributed by atoms with van der Waals surface area (Å²) in [7, 11) is 0. The zero-order chi connectivity index (χ0) is 20.4. The Bertz CT molecular complexity index is 1080. The summed E-state index contributed by atoms with van der Waals surface area (Å²) in [5, 5.41) is 33.5. The number of aliphatic hydroxyl groups is 3. The summed E-state index contributed by atoms with van der Waals surface area (Å²) in [4.78, 5) is 24.9. The number of ether oxygens (including phenoxy) is 1. The maximum absolute atomic E-state index is 12.7. The van der Waals surface area contributed by atoms with Gasteiger partial charge in [0.2, 0.25) is 6.41 Å². The van der Waals surface area contributed by atoms with Crippen LogP contribution in [0.3, 0.4) is 0 Å². The third kappa shape index (κ3) is 3.76. The van der Waals surface area contributed by atoms with Gasteiger partial charge in [0.25, 0.3) is 5.56 Å². The summed E-state index contributed by atoms with van der Waals surface area (Å²) in [6.07, 6.45) is -2.91. The number of hydrogen-bond donors (Lipinski definition) is 3. The molecule has 3 rings (SSSR count). The van der Waals surface area contributed by atoms with Crippen LogP contribution < -0.4 is 11.2 Å². The summed E-state index contributed by atoms with van der Waals surface area (Å²) in [6, 6.07) is 6.53. The average molecular weight is 391 g/mol. The molecular formula is C18H21N3O7. The van der Waals surface area contributed by atoms with Crippen molar-refractivity contribution < 1.29 is 24.6 Å². The van der Waals surface area contributed by atoms with Gasteiger partial charge in [0, 0.05) is 17.6 Å². The number of rotatable bonds is 7. The van der Waals surface area contributed by atoms with Crippen molar-refractivity contribution in [3.63, 3.8) is 0 Å². The molecule has 28 heavy (non-hydrogen) atoms. The Morgan fingerprint density at radius 3 is 2.68 bits per heavy atom. The number of nitrogens with zero attached hydrogens (tertiary/aromatic N) is 3. The van der Waals surface area contributed by atoms with Crippen molar-refractivity contribution in [1.82, 2.24) is 14.3 Å². The van der Waals surface area contributed by atoms with E-state index in [4.69, 9.17) is 9.26 Å². The second kappa shape index (κ2) is 8.07. The molecule has 0 spiro atoms. The molecule has 0 unspecified atom stereocenters. The first-order valence-corrected chi connectivity index (χ1v) is 8.61. The lowest BCUT2D eigenvalue weighted by Gasteiger charge is -2.23. The van der Waals surface area contributed by atoms with Crippen LogP contribution in [0.5, 0.6) is 0 Å². The van der Waals surface area contributed by atoms with E-state index in [1.165, 1.54) is 6.92 Å². The fourth-order valence-electron chi connectivity index (χ4n) is 2.79. The summed E-state index contributed by atoms with van der Waals surface area (Å²) < 4.78 is 12.1. The SMILES string of the molecule is Cc1cccc2c(Cn3c(=O)ccn([C@@H](O)O[C@H](CO)[C@@H](C)O)c3=O)noc12. The zero-order valence-corrected chi connectivity index (χ0v) is 15.3. The van der Waals surface area contributed by atoms with Crippen LogP contribution in [0, 0.1) is 6.92 Å². The normalized spacial score (nSPS) is 14.9. The molecule has 2 aromatic heterocycles. The molecule has 3 N–H and O–H groups in total. The fraction of sp³-hybridized carbons (Fsp3) is 0.389. The van der Waals surface area contributed by atoms with Crippen LogP contribution in [0.15, 0.2) is 44.6 Å². The van der Waals surface area contributed by atoms with Crippen LogP contribution in [0.25, 0.3) is 11.0 Å². The van der Waals surface area contributed by atoms with E-state index in [0.717, 1.165) is 27.0 Å². The molecule has 1 aromatic carbocycles. The molecule has 0 saturated heterocycles. The minimum Gasteiger partial charge on any atom is -0.394 e. The van der Waals surface area contributed by atoms with Gasteiger partial charge in [-0.1, -0.05) is 17.3 Å². The van der Waals surface area contributed by atoms with Gasteiger partial charge in [-0.2, -0.15) is 0 Å². The smallest absolute Gasteiger partial charge is 0.335 e. The van der Waals surface area contributed by atoms with Gasteiger partial charge >= 0.3 is 5.69 Å². The number of aliphatic hydroxyl groups excluding tert-OH is 3. The highest BCUT2D eigenvalue weighted by molar-refractivity contribution is 5.82.